The first-order valence-corrected chi connectivity index (χ1v) is 9.59. The van der Waals surface area contributed by atoms with E-state index in [9.17, 15) is 4.79 Å². The van der Waals surface area contributed by atoms with Crippen LogP contribution in [0.5, 0.6) is 0 Å². The van der Waals surface area contributed by atoms with Crippen molar-refractivity contribution in [2.75, 3.05) is 26.2 Å². The van der Waals surface area contributed by atoms with Gasteiger partial charge in [-0.1, -0.05) is 24.9 Å². The summed E-state index contributed by atoms with van der Waals surface area (Å²) in [5, 5.41) is 7.25. The second-order valence-corrected chi connectivity index (χ2v) is 7.59. The minimum Gasteiger partial charge on any atom is -0.352 e. The molecule has 2 fully saturated rings. The zero-order chi connectivity index (χ0) is 17.8. The van der Waals surface area contributed by atoms with Crippen molar-refractivity contribution in [1.29, 1.82) is 0 Å². The largest absolute Gasteiger partial charge is 0.352 e. The van der Waals surface area contributed by atoms with Crippen molar-refractivity contribution in [2.45, 2.75) is 65.1 Å². The zero-order valence-electron chi connectivity index (χ0n) is 15.7. The molecular formula is C18H31N5O2. The molecule has 0 aromatic carbocycles. The molecule has 140 valence electrons. The van der Waals surface area contributed by atoms with Crippen LogP contribution in [-0.2, 0) is 11.3 Å². The van der Waals surface area contributed by atoms with E-state index >= 15 is 0 Å². The summed E-state index contributed by atoms with van der Waals surface area (Å²) >= 11 is 0. The summed E-state index contributed by atoms with van der Waals surface area (Å²) in [7, 11) is 0. The highest BCUT2D eigenvalue weighted by atomic mass is 16.5. The molecule has 1 saturated carbocycles. The Bertz CT molecular complexity index is 568. The van der Waals surface area contributed by atoms with Gasteiger partial charge in [-0.3, -0.25) is 14.6 Å². The van der Waals surface area contributed by atoms with Crippen molar-refractivity contribution in [3.63, 3.8) is 0 Å². The predicted octanol–water partition coefficient (Wildman–Crippen LogP) is 1.58. The number of nitrogens with zero attached hydrogens (tertiary/aromatic N) is 4. The van der Waals surface area contributed by atoms with Crippen LogP contribution in [0, 0.1) is 12.8 Å². The summed E-state index contributed by atoms with van der Waals surface area (Å²) in [5.41, 5.74) is 0. The first-order valence-electron chi connectivity index (χ1n) is 9.59. The average Bonchev–Trinajstić information content (AvgIpc) is 3.02. The second-order valence-electron chi connectivity index (χ2n) is 7.59. The lowest BCUT2D eigenvalue weighted by Crippen LogP contribution is -2.55. The van der Waals surface area contributed by atoms with Crippen molar-refractivity contribution < 1.29 is 9.32 Å². The fourth-order valence-corrected chi connectivity index (χ4v) is 3.91. The molecule has 0 radical (unpaired) electrons. The van der Waals surface area contributed by atoms with E-state index in [1.165, 1.54) is 19.3 Å². The molecule has 0 spiro atoms. The third kappa shape index (κ3) is 4.79. The summed E-state index contributed by atoms with van der Waals surface area (Å²) < 4.78 is 5.03. The van der Waals surface area contributed by atoms with Gasteiger partial charge in [-0.15, -0.1) is 0 Å². The number of piperazine rings is 1. The Labute approximate surface area is 150 Å². The highest BCUT2D eigenvalue weighted by Gasteiger charge is 2.29. The number of hydrogen-bond donors (Lipinski definition) is 1. The molecule has 1 aromatic rings. The van der Waals surface area contributed by atoms with Gasteiger partial charge in [-0.2, -0.15) is 4.98 Å². The predicted molar refractivity (Wildman–Crippen MR) is 94.9 cm³/mol. The first-order chi connectivity index (χ1) is 12.0. The maximum absolute atomic E-state index is 12.6. The number of hydrogen-bond acceptors (Lipinski definition) is 6. The minimum absolute atomic E-state index is 0.0660. The minimum atomic E-state index is -0.0660. The van der Waals surface area contributed by atoms with Gasteiger partial charge in [0.15, 0.2) is 5.82 Å². The van der Waals surface area contributed by atoms with Crippen LogP contribution in [0.15, 0.2) is 4.52 Å². The molecule has 1 aliphatic heterocycles. The van der Waals surface area contributed by atoms with Crippen molar-refractivity contribution in [3.05, 3.63) is 11.7 Å². The summed E-state index contributed by atoms with van der Waals surface area (Å²) in [6, 6.07) is 0.287. The Morgan fingerprint density at radius 3 is 2.64 bits per heavy atom. The summed E-state index contributed by atoms with van der Waals surface area (Å²) in [5.74, 6) is 2.13. The maximum Gasteiger partial charge on any atom is 0.237 e. The van der Waals surface area contributed by atoms with Crippen molar-refractivity contribution in [3.8, 4) is 0 Å². The lowest BCUT2D eigenvalue weighted by Gasteiger charge is -2.38. The zero-order valence-corrected chi connectivity index (χ0v) is 15.7. The third-order valence-corrected chi connectivity index (χ3v) is 5.71. The molecule has 25 heavy (non-hydrogen) atoms. The van der Waals surface area contributed by atoms with E-state index in [1.54, 1.807) is 0 Å². The van der Waals surface area contributed by atoms with Gasteiger partial charge in [-0.25, -0.2) is 0 Å². The molecule has 7 nitrogen and oxygen atoms in total. The van der Waals surface area contributed by atoms with E-state index in [2.05, 4.69) is 32.2 Å². The van der Waals surface area contributed by atoms with Crippen LogP contribution in [0.4, 0.5) is 0 Å². The fraction of sp³-hybridized carbons (Fsp3) is 0.833. The molecule has 7 heteroatoms. The van der Waals surface area contributed by atoms with E-state index in [0.717, 1.165) is 38.4 Å². The van der Waals surface area contributed by atoms with Crippen LogP contribution >= 0.6 is 0 Å². The standard InChI is InChI=1S/C18H31N5O2/c1-13-6-4-5-7-16(13)20-18(24)14(2)23-10-8-22(9-11-23)12-17-19-15(3)25-21-17/h13-14,16H,4-12H2,1-3H3,(H,20,24)/t13-,14+,16+/m0/s1. The summed E-state index contributed by atoms with van der Waals surface area (Å²) in [4.78, 5) is 21.5. The molecule has 0 bridgehead atoms. The number of carbonyl (C=O) groups excluding carboxylic acids is 1. The Balaban J connectivity index is 1.44. The van der Waals surface area contributed by atoms with Crippen molar-refractivity contribution in [1.82, 2.24) is 25.3 Å². The van der Waals surface area contributed by atoms with Gasteiger partial charge in [0.25, 0.3) is 0 Å². The highest BCUT2D eigenvalue weighted by molar-refractivity contribution is 5.81. The molecule has 0 unspecified atom stereocenters. The summed E-state index contributed by atoms with van der Waals surface area (Å²) in [6.07, 6.45) is 4.88. The lowest BCUT2D eigenvalue weighted by molar-refractivity contribution is -0.127. The molecule has 1 aromatic heterocycles. The Hall–Kier alpha value is -1.47. The Kier molecular flexibility index (Phi) is 6.06. The molecule has 1 N–H and O–H groups in total. The smallest absolute Gasteiger partial charge is 0.237 e. The monoisotopic (exact) mass is 349 g/mol. The van der Waals surface area contributed by atoms with Crippen LogP contribution < -0.4 is 5.32 Å². The number of nitrogens with one attached hydrogen (secondary N) is 1. The van der Waals surface area contributed by atoms with Crippen molar-refractivity contribution >= 4 is 5.91 Å². The van der Waals surface area contributed by atoms with E-state index in [0.29, 0.717) is 24.4 Å². The van der Waals surface area contributed by atoms with E-state index in [1.807, 2.05) is 13.8 Å². The maximum atomic E-state index is 12.6. The van der Waals surface area contributed by atoms with Gasteiger partial charge in [-0.05, 0) is 25.7 Å². The molecule has 1 saturated heterocycles. The number of rotatable bonds is 5. The molecule has 1 amide bonds. The van der Waals surface area contributed by atoms with Crippen molar-refractivity contribution in [2.24, 2.45) is 5.92 Å². The average molecular weight is 349 g/mol. The first kappa shape index (κ1) is 18.3. The quantitative estimate of drug-likeness (QED) is 0.870. The second kappa shape index (κ2) is 8.27. The van der Waals surface area contributed by atoms with Crippen LogP contribution in [0.2, 0.25) is 0 Å². The van der Waals surface area contributed by atoms with Gasteiger partial charge >= 0.3 is 0 Å². The highest BCUT2D eigenvalue weighted by Crippen LogP contribution is 2.24. The summed E-state index contributed by atoms with van der Waals surface area (Å²) in [6.45, 7) is 10.4. The van der Waals surface area contributed by atoms with Crippen LogP contribution in [-0.4, -0.2) is 64.1 Å². The van der Waals surface area contributed by atoms with E-state index < -0.39 is 0 Å². The number of carbonyl (C=O) groups is 1. The number of amides is 1. The molecule has 2 aliphatic rings. The van der Waals surface area contributed by atoms with Gasteiger partial charge in [0.1, 0.15) is 0 Å². The van der Waals surface area contributed by atoms with E-state index in [4.69, 9.17) is 4.52 Å². The van der Waals surface area contributed by atoms with Gasteiger partial charge in [0.2, 0.25) is 11.8 Å². The molecule has 3 rings (SSSR count). The van der Waals surface area contributed by atoms with Gasteiger partial charge < -0.3 is 9.84 Å². The molecular weight excluding hydrogens is 318 g/mol. The van der Waals surface area contributed by atoms with Crippen LogP contribution in [0.1, 0.15) is 51.2 Å². The lowest BCUT2D eigenvalue weighted by atomic mass is 9.86. The van der Waals surface area contributed by atoms with Gasteiger partial charge in [0.05, 0.1) is 12.6 Å². The van der Waals surface area contributed by atoms with Crippen LogP contribution in [0.3, 0.4) is 0 Å². The molecule has 2 heterocycles. The van der Waals surface area contributed by atoms with Crippen LogP contribution in [0.25, 0.3) is 0 Å². The normalized spacial score (nSPS) is 27.2. The Morgan fingerprint density at radius 2 is 2.00 bits per heavy atom. The number of aryl methyl sites for hydroxylation is 1. The molecule has 3 atom stereocenters. The third-order valence-electron chi connectivity index (χ3n) is 5.71. The SMILES string of the molecule is Cc1nc(CN2CCN([C@H](C)C(=O)N[C@@H]3CCCC[C@@H]3C)CC2)no1. The topological polar surface area (TPSA) is 74.5 Å². The van der Waals surface area contributed by atoms with E-state index in [-0.39, 0.29) is 11.9 Å². The van der Waals surface area contributed by atoms with Gasteiger partial charge in [0, 0.05) is 39.1 Å². The fourth-order valence-electron chi connectivity index (χ4n) is 3.91. The Morgan fingerprint density at radius 1 is 1.28 bits per heavy atom. The number of aromatic nitrogens is 2. The molecule has 1 aliphatic carbocycles.